The van der Waals surface area contributed by atoms with Crippen LogP contribution in [0.3, 0.4) is 0 Å². The minimum absolute atomic E-state index is 0.0143. The van der Waals surface area contributed by atoms with Crippen molar-refractivity contribution in [2.24, 2.45) is 0 Å². The number of nitrogens with one attached hydrogen (secondary N) is 2. The van der Waals surface area contributed by atoms with Crippen molar-refractivity contribution in [2.75, 3.05) is 10.0 Å². The molecule has 3 aromatic rings. The number of rotatable bonds is 6. The Bertz CT molecular complexity index is 968. The van der Waals surface area contributed by atoms with Crippen molar-refractivity contribution < 1.29 is 12.8 Å². The minimum atomic E-state index is -3.74. The predicted molar refractivity (Wildman–Crippen MR) is 102 cm³/mol. The van der Waals surface area contributed by atoms with Gasteiger partial charge in [-0.1, -0.05) is 29.8 Å². The van der Waals surface area contributed by atoms with E-state index in [1.807, 2.05) is 6.92 Å². The summed E-state index contributed by atoms with van der Waals surface area (Å²) in [4.78, 5) is 0.0143. The maximum Gasteiger partial charge on any atom is 0.261 e. The van der Waals surface area contributed by atoms with Gasteiger partial charge in [-0.15, -0.1) is 0 Å². The lowest BCUT2D eigenvalue weighted by Gasteiger charge is -2.10. The quantitative estimate of drug-likeness (QED) is 0.669. The van der Waals surface area contributed by atoms with Gasteiger partial charge in [-0.25, -0.2) is 12.8 Å². The third-order valence-electron chi connectivity index (χ3n) is 3.88. The molecule has 0 aliphatic heterocycles. The summed E-state index contributed by atoms with van der Waals surface area (Å²) in [5, 5.41) is 3.29. The van der Waals surface area contributed by atoms with Crippen LogP contribution in [0.5, 0.6) is 0 Å². The molecular weight excluding hydrogens is 351 g/mol. The smallest absolute Gasteiger partial charge is 0.261 e. The molecule has 134 valence electrons. The molecule has 0 spiro atoms. The Morgan fingerprint density at radius 3 is 2.00 bits per heavy atom. The molecule has 0 atom stereocenters. The van der Waals surface area contributed by atoms with Gasteiger partial charge in [-0.3, -0.25) is 4.72 Å². The Labute approximate surface area is 152 Å². The van der Waals surface area contributed by atoms with Crippen molar-refractivity contribution in [2.45, 2.75) is 18.4 Å². The lowest BCUT2D eigenvalue weighted by molar-refractivity contribution is 0.599. The van der Waals surface area contributed by atoms with E-state index in [4.69, 9.17) is 0 Å². The highest BCUT2D eigenvalue weighted by molar-refractivity contribution is 7.92. The molecule has 0 heterocycles. The fourth-order valence-electron chi connectivity index (χ4n) is 2.39. The average molecular weight is 370 g/mol. The van der Waals surface area contributed by atoms with Gasteiger partial charge >= 0.3 is 0 Å². The summed E-state index contributed by atoms with van der Waals surface area (Å²) in [7, 11) is -3.74. The topological polar surface area (TPSA) is 58.2 Å². The zero-order valence-corrected chi connectivity index (χ0v) is 15.1. The lowest BCUT2D eigenvalue weighted by Crippen LogP contribution is -2.12. The number of hydrogen-bond donors (Lipinski definition) is 2. The number of anilines is 2. The number of halogens is 1. The largest absolute Gasteiger partial charge is 0.381 e. The Hall–Kier alpha value is -2.86. The first kappa shape index (κ1) is 17.9. The maximum absolute atomic E-state index is 12.9. The van der Waals surface area contributed by atoms with Crippen LogP contribution in [0.4, 0.5) is 15.8 Å². The summed E-state index contributed by atoms with van der Waals surface area (Å²) in [6, 6.07) is 19.9. The Balaban J connectivity index is 1.63. The van der Waals surface area contributed by atoms with Crippen LogP contribution < -0.4 is 10.0 Å². The van der Waals surface area contributed by atoms with Crippen LogP contribution in [0.25, 0.3) is 0 Å². The molecule has 0 bridgehead atoms. The molecule has 0 amide bonds. The minimum Gasteiger partial charge on any atom is -0.381 e. The second kappa shape index (κ2) is 7.58. The zero-order valence-electron chi connectivity index (χ0n) is 14.2. The van der Waals surface area contributed by atoms with Crippen LogP contribution in [-0.2, 0) is 16.6 Å². The van der Waals surface area contributed by atoms with E-state index in [1.165, 1.54) is 17.7 Å². The standard InChI is InChI=1S/C20H19FN2O2S/c1-15-2-4-16(5-3-15)14-22-18-8-10-19(11-9-18)23-26(24,25)20-12-6-17(21)7-13-20/h2-13,22-23H,14H2,1H3. The molecule has 0 saturated heterocycles. The van der Waals surface area contributed by atoms with Gasteiger partial charge in [-0.2, -0.15) is 0 Å². The molecule has 0 aliphatic carbocycles. The van der Waals surface area contributed by atoms with Crippen LogP contribution in [0.15, 0.2) is 77.7 Å². The summed E-state index contributed by atoms with van der Waals surface area (Å²) in [5.41, 5.74) is 3.70. The molecular formula is C20H19FN2O2S. The first-order valence-electron chi connectivity index (χ1n) is 8.10. The van der Waals surface area contributed by atoms with Crippen LogP contribution in [-0.4, -0.2) is 8.42 Å². The highest BCUT2D eigenvalue weighted by atomic mass is 32.2. The molecule has 3 aromatic carbocycles. The van der Waals surface area contributed by atoms with E-state index in [0.717, 1.165) is 23.4 Å². The van der Waals surface area contributed by atoms with Gasteiger partial charge in [0, 0.05) is 17.9 Å². The van der Waals surface area contributed by atoms with Gasteiger partial charge in [0.05, 0.1) is 4.90 Å². The van der Waals surface area contributed by atoms with Crippen molar-refractivity contribution in [3.63, 3.8) is 0 Å². The number of aryl methyl sites for hydroxylation is 1. The number of hydrogen-bond acceptors (Lipinski definition) is 3. The molecule has 0 saturated carbocycles. The Morgan fingerprint density at radius 1 is 0.808 bits per heavy atom. The summed E-state index contributed by atoms with van der Waals surface area (Å²) in [6.45, 7) is 2.73. The fourth-order valence-corrected chi connectivity index (χ4v) is 3.45. The van der Waals surface area contributed by atoms with Gasteiger partial charge in [0.25, 0.3) is 10.0 Å². The van der Waals surface area contributed by atoms with Crippen LogP contribution in [0, 0.1) is 12.7 Å². The Morgan fingerprint density at radius 2 is 1.38 bits per heavy atom. The van der Waals surface area contributed by atoms with E-state index in [0.29, 0.717) is 12.2 Å². The van der Waals surface area contributed by atoms with Gasteiger partial charge in [0.2, 0.25) is 0 Å². The summed E-state index contributed by atoms with van der Waals surface area (Å²) in [6.07, 6.45) is 0. The van der Waals surface area contributed by atoms with Crippen LogP contribution >= 0.6 is 0 Å². The van der Waals surface area contributed by atoms with E-state index in [9.17, 15) is 12.8 Å². The van der Waals surface area contributed by atoms with Crippen LogP contribution in [0.2, 0.25) is 0 Å². The zero-order chi connectivity index (χ0) is 18.6. The number of benzene rings is 3. The molecule has 0 unspecified atom stereocenters. The monoisotopic (exact) mass is 370 g/mol. The van der Waals surface area contributed by atoms with E-state index < -0.39 is 15.8 Å². The molecule has 0 radical (unpaired) electrons. The van der Waals surface area contributed by atoms with Gasteiger partial charge in [0.15, 0.2) is 0 Å². The predicted octanol–water partition coefficient (Wildman–Crippen LogP) is 4.55. The van der Waals surface area contributed by atoms with Gasteiger partial charge in [0.1, 0.15) is 5.82 Å². The normalized spacial score (nSPS) is 11.2. The summed E-state index contributed by atoms with van der Waals surface area (Å²) in [5.74, 6) is -0.479. The highest BCUT2D eigenvalue weighted by Crippen LogP contribution is 2.19. The highest BCUT2D eigenvalue weighted by Gasteiger charge is 2.13. The van der Waals surface area contributed by atoms with E-state index in [2.05, 4.69) is 34.3 Å². The lowest BCUT2D eigenvalue weighted by atomic mass is 10.1. The average Bonchev–Trinajstić information content (AvgIpc) is 2.62. The maximum atomic E-state index is 12.9. The molecule has 26 heavy (non-hydrogen) atoms. The number of sulfonamides is 1. The van der Waals surface area contributed by atoms with Crippen molar-refractivity contribution in [3.05, 3.63) is 89.7 Å². The molecule has 0 fully saturated rings. The van der Waals surface area contributed by atoms with Crippen molar-refractivity contribution >= 4 is 21.4 Å². The van der Waals surface area contributed by atoms with Crippen molar-refractivity contribution in [3.8, 4) is 0 Å². The van der Waals surface area contributed by atoms with Gasteiger partial charge < -0.3 is 5.32 Å². The molecule has 2 N–H and O–H groups in total. The second-order valence-corrected chi connectivity index (χ2v) is 7.66. The van der Waals surface area contributed by atoms with Crippen molar-refractivity contribution in [1.82, 2.24) is 0 Å². The third-order valence-corrected chi connectivity index (χ3v) is 5.28. The second-order valence-electron chi connectivity index (χ2n) is 5.98. The fraction of sp³-hybridized carbons (Fsp3) is 0.100. The van der Waals surface area contributed by atoms with E-state index in [1.54, 1.807) is 24.3 Å². The first-order valence-corrected chi connectivity index (χ1v) is 9.58. The summed E-state index contributed by atoms with van der Waals surface area (Å²) < 4.78 is 40.0. The SMILES string of the molecule is Cc1ccc(CNc2ccc(NS(=O)(=O)c3ccc(F)cc3)cc2)cc1. The first-order chi connectivity index (χ1) is 12.4. The molecule has 3 rings (SSSR count). The molecule has 0 aliphatic rings. The van der Waals surface area contributed by atoms with Gasteiger partial charge in [-0.05, 0) is 61.0 Å². The summed E-state index contributed by atoms with van der Waals surface area (Å²) >= 11 is 0. The third kappa shape index (κ3) is 4.61. The molecule has 4 nitrogen and oxygen atoms in total. The Kier molecular flexibility index (Phi) is 5.23. The molecule has 0 aromatic heterocycles. The van der Waals surface area contributed by atoms with E-state index in [-0.39, 0.29) is 4.90 Å². The van der Waals surface area contributed by atoms with Crippen molar-refractivity contribution in [1.29, 1.82) is 0 Å². The van der Waals surface area contributed by atoms with E-state index >= 15 is 0 Å². The van der Waals surface area contributed by atoms with Crippen LogP contribution in [0.1, 0.15) is 11.1 Å². The molecule has 6 heteroatoms.